The lowest BCUT2D eigenvalue weighted by atomic mass is 9.94. The molecule has 5 heteroatoms. The standard InChI is InChI=1S/C11H18O4S/c12-11(10-2-1-4-15-7-10)6-9-3-5-16(13,14)8-9/h7,9,11-12H,1-6,8H2. The first-order valence-corrected chi connectivity index (χ1v) is 7.58. The first-order valence-electron chi connectivity index (χ1n) is 5.76. The molecule has 2 unspecified atom stereocenters. The smallest absolute Gasteiger partial charge is 0.150 e. The third-order valence-electron chi connectivity index (χ3n) is 3.27. The van der Waals surface area contributed by atoms with Crippen LogP contribution in [0.5, 0.6) is 0 Å². The van der Waals surface area contributed by atoms with Crippen molar-refractivity contribution in [3.8, 4) is 0 Å². The number of hydrogen-bond acceptors (Lipinski definition) is 4. The van der Waals surface area contributed by atoms with Crippen molar-refractivity contribution in [2.24, 2.45) is 5.92 Å². The molecule has 1 N–H and O–H groups in total. The Morgan fingerprint density at radius 3 is 2.94 bits per heavy atom. The molecule has 2 aliphatic rings. The van der Waals surface area contributed by atoms with E-state index >= 15 is 0 Å². The molecule has 16 heavy (non-hydrogen) atoms. The van der Waals surface area contributed by atoms with E-state index in [2.05, 4.69) is 0 Å². The van der Waals surface area contributed by atoms with Crippen LogP contribution in [0.25, 0.3) is 0 Å². The Morgan fingerprint density at radius 2 is 2.38 bits per heavy atom. The van der Waals surface area contributed by atoms with Gasteiger partial charge in [0.15, 0.2) is 9.84 Å². The number of aliphatic hydroxyl groups excluding tert-OH is 1. The lowest BCUT2D eigenvalue weighted by molar-refractivity contribution is 0.150. The molecule has 0 aromatic carbocycles. The van der Waals surface area contributed by atoms with E-state index in [-0.39, 0.29) is 17.4 Å². The molecule has 1 saturated heterocycles. The molecule has 0 spiro atoms. The molecule has 0 bridgehead atoms. The Morgan fingerprint density at radius 1 is 1.56 bits per heavy atom. The minimum atomic E-state index is -2.83. The van der Waals surface area contributed by atoms with Gasteiger partial charge in [-0.3, -0.25) is 0 Å². The van der Waals surface area contributed by atoms with Crippen LogP contribution >= 0.6 is 0 Å². The monoisotopic (exact) mass is 246 g/mol. The molecule has 92 valence electrons. The normalized spacial score (nSPS) is 30.6. The van der Waals surface area contributed by atoms with Crippen molar-refractivity contribution in [2.45, 2.75) is 31.8 Å². The lowest BCUT2D eigenvalue weighted by Crippen LogP contribution is -2.19. The Kier molecular flexibility index (Phi) is 3.54. The summed E-state index contributed by atoms with van der Waals surface area (Å²) in [6.45, 7) is 0.716. The third-order valence-corrected chi connectivity index (χ3v) is 5.11. The van der Waals surface area contributed by atoms with Crippen LogP contribution in [-0.4, -0.2) is 37.7 Å². The SMILES string of the molecule is O=S1(=O)CCC(CC(O)C2=COCCC2)C1. The van der Waals surface area contributed by atoms with E-state index in [0.717, 1.165) is 18.4 Å². The van der Waals surface area contributed by atoms with E-state index in [1.54, 1.807) is 6.26 Å². The number of ether oxygens (including phenoxy) is 1. The average molecular weight is 246 g/mol. The molecule has 0 aromatic rings. The van der Waals surface area contributed by atoms with Gasteiger partial charge in [0.25, 0.3) is 0 Å². The van der Waals surface area contributed by atoms with Crippen LogP contribution in [0.3, 0.4) is 0 Å². The van der Waals surface area contributed by atoms with Gasteiger partial charge in [-0.25, -0.2) is 8.42 Å². The second-order valence-electron chi connectivity index (χ2n) is 4.69. The zero-order chi connectivity index (χ0) is 11.6. The van der Waals surface area contributed by atoms with Gasteiger partial charge in [0.1, 0.15) is 0 Å². The van der Waals surface area contributed by atoms with Crippen molar-refractivity contribution in [1.82, 2.24) is 0 Å². The van der Waals surface area contributed by atoms with Gasteiger partial charge in [0.2, 0.25) is 0 Å². The molecule has 2 aliphatic heterocycles. The molecular weight excluding hydrogens is 228 g/mol. The van der Waals surface area contributed by atoms with E-state index in [1.807, 2.05) is 0 Å². The van der Waals surface area contributed by atoms with Gasteiger partial charge in [0.05, 0.1) is 30.5 Å². The molecule has 2 atom stereocenters. The highest BCUT2D eigenvalue weighted by molar-refractivity contribution is 7.91. The fraction of sp³-hybridized carbons (Fsp3) is 0.818. The Bertz CT molecular complexity index is 371. The molecule has 0 radical (unpaired) electrons. The lowest BCUT2D eigenvalue weighted by Gasteiger charge is -2.20. The second kappa shape index (κ2) is 4.75. The predicted octanol–water partition coefficient (Wildman–Crippen LogP) is 0.866. The summed E-state index contributed by atoms with van der Waals surface area (Å²) in [5.41, 5.74) is 0.913. The quantitative estimate of drug-likeness (QED) is 0.802. The molecule has 1 fully saturated rings. The molecule has 2 heterocycles. The highest BCUT2D eigenvalue weighted by Crippen LogP contribution is 2.27. The number of hydrogen-bond donors (Lipinski definition) is 1. The summed E-state index contributed by atoms with van der Waals surface area (Å²) in [6, 6.07) is 0. The largest absolute Gasteiger partial charge is 0.501 e. The van der Waals surface area contributed by atoms with Gasteiger partial charge >= 0.3 is 0 Å². The fourth-order valence-electron chi connectivity index (χ4n) is 2.35. The van der Waals surface area contributed by atoms with Crippen molar-refractivity contribution in [1.29, 1.82) is 0 Å². The van der Waals surface area contributed by atoms with Crippen molar-refractivity contribution < 1.29 is 18.3 Å². The van der Waals surface area contributed by atoms with Crippen LogP contribution in [0, 0.1) is 5.92 Å². The van der Waals surface area contributed by atoms with Crippen LogP contribution in [0.4, 0.5) is 0 Å². The summed E-state index contributed by atoms with van der Waals surface area (Å²) in [5, 5.41) is 9.96. The average Bonchev–Trinajstić information content (AvgIpc) is 2.59. The topological polar surface area (TPSA) is 63.6 Å². The zero-order valence-corrected chi connectivity index (χ0v) is 10.1. The van der Waals surface area contributed by atoms with Gasteiger partial charge in [-0.05, 0) is 37.2 Å². The summed E-state index contributed by atoms with van der Waals surface area (Å²) < 4.78 is 27.7. The first kappa shape index (κ1) is 11.9. The third kappa shape index (κ3) is 2.98. The Hall–Kier alpha value is -0.550. The Balaban J connectivity index is 1.88. The fourth-order valence-corrected chi connectivity index (χ4v) is 4.23. The minimum absolute atomic E-state index is 0.114. The maximum Gasteiger partial charge on any atom is 0.150 e. The summed E-state index contributed by atoms with van der Waals surface area (Å²) in [4.78, 5) is 0. The first-order chi connectivity index (χ1) is 7.57. The molecule has 0 aliphatic carbocycles. The maximum atomic E-state index is 11.3. The highest BCUT2D eigenvalue weighted by atomic mass is 32.2. The highest BCUT2D eigenvalue weighted by Gasteiger charge is 2.30. The molecule has 0 aromatic heterocycles. The van der Waals surface area contributed by atoms with E-state index < -0.39 is 15.9 Å². The van der Waals surface area contributed by atoms with Gasteiger partial charge < -0.3 is 9.84 Å². The second-order valence-corrected chi connectivity index (χ2v) is 6.92. The minimum Gasteiger partial charge on any atom is -0.501 e. The van der Waals surface area contributed by atoms with Crippen molar-refractivity contribution in [3.05, 3.63) is 11.8 Å². The summed E-state index contributed by atoms with van der Waals surface area (Å²) >= 11 is 0. The van der Waals surface area contributed by atoms with E-state index in [4.69, 9.17) is 4.74 Å². The number of rotatable bonds is 3. The van der Waals surface area contributed by atoms with Crippen LogP contribution in [0.15, 0.2) is 11.8 Å². The predicted molar refractivity (Wildman–Crippen MR) is 60.7 cm³/mol. The molecule has 0 saturated carbocycles. The van der Waals surface area contributed by atoms with Crippen LogP contribution in [0.1, 0.15) is 25.7 Å². The van der Waals surface area contributed by atoms with Crippen LogP contribution in [-0.2, 0) is 14.6 Å². The molecule has 2 rings (SSSR count). The van der Waals surface area contributed by atoms with E-state index in [1.165, 1.54) is 0 Å². The zero-order valence-electron chi connectivity index (χ0n) is 9.26. The van der Waals surface area contributed by atoms with Crippen molar-refractivity contribution in [2.75, 3.05) is 18.1 Å². The van der Waals surface area contributed by atoms with Gasteiger partial charge in [-0.15, -0.1) is 0 Å². The molecular formula is C11H18O4S. The van der Waals surface area contributed by atoms with E-state index in [0.29, 0.717) is 19.4 Å². The van der Waals surface area contributed by atoms with Crippen molar-refractivity contribution >= 4 is 9.84 Å². The summed E-state index contributed by atoms with van der Waals surface area (Å²) in [5.74, 6) is 0.626. The van der Waals surface area contributed by atoms with Gasteiger partial charge in [-0.1, -0.05) is 0 Å². The number of aliphatic hydroxyl groups is 1. The van der Waals surface area contributed by atoms with Crippen LogP contribution in [0.2, 0.25) is 0 Å². The van der Waals surface area contributed by atoms with Gasteiger partial charge in [-0.2, -0.15) is 0 Å². The summed E-state index contributed by atoms with van der Waals surface area (Å²) in [6.07, 6.45) is 4.14. The molecule has 0 amide bonds. The van der Waals surface area contributed by atoms with E-state index in [9.17, 15) is 13.5 Å². The van der Waals surface area contributed by atoms with Crippen LogP contribution < -0.4 is 0 Å². The summed E-state index contributed by atoms with van der Waals surface area (Å²) in [7, 11) is -2.83. The maximum absolute atomic E-state index is 11.3. The van der Waals surface area contributed by atoms with Gasteiger partial charge in [0, 0.05) is 0 Å². The number of sulfone groups is 1. The molecule has 4 nitrogen and oxygen atoms in total. The Labute approximate surface area is 96.2 Å². The van der Waals surface area contributed by atoms with Crippen molar-refractivity contribution in [3.63, 3.8) is 0 Å².